The van der Waals surface area contributed by atoms with E-state index in [1.165, 1.54) is 11.8 Å². The normalized spacial score (nSPS) is 15.7. The number of ketones is 1. The molecule has 0 spiro atoms. The SMILES string of the molecule is CC(C)(C)c1ccc([C@H]2CC(=O)c3cnc(NC(=O)Nc4ccc(Cl)c(Cl)c4)nc3C2)cc1. The van der Waals surface area contributed by atoms with Crippen LogP contribution in [0.3, 0.4) is 0 Å². The Balaban J connectivity index is 1.49. The van der Waals surface area contributed by atoms with Gasteiger partial charge in [0.15, 0.2) is 5.78 Å². The van der Waals surface area contributed by atoms with Gasteiger partial charge in [0.05, 0.1) is 21.3 Å². The monoisotopic (exact) mass is 482 g/mol. The molecule has 2 amide bonds. The first-order valence-electron chi connectivity index (χ1n) is 10.6. The molecule has 170 valence electrons. The zero-order valence-corrected chi connectivity index (χ0v) is 20.1. The first kappa shape index (κ1) is 23.2. The lowest BCUT2D eigenvalue weighted by Crippen LogP contribution is -2.24. The number of carbonyl (C=O) groups is 2. The van der Waals surface area contributed by atoms with Crippen molar-refractivity contribution in [2.75, 3.05) is 10.6 Å². The summed E-state index contributed by atoms with van der Waals surface area (Å²) in [6.07, 6.45) is 2.50. The van der Waals surface area contributed by atoms with Crippen LogP contribution in [0.2, 0.25) is 10.0 Å². The van der Waals surface area contributed by atoms with E-state index in [1.54, 1.807) is 18.2 Å². The van der Waals surface area contributed by atoms with E-state index in [0.29, 0.717) is 39.8 Å². The molecule has 0 fully saturated rings. The molecule has 2 N–H and O–H groups in total. The Hall–Kier alpha value is -2.96. The van der Waals surface area contributed by atoms with E-state index < -0.39 is 6.03 Å². The number of Topliss-reactive ketones (excluding diaryl/α,β-unsaturated/α-hetero) is 1. The van der Waals surface area contributed by atoms with Crippen molar-refractivity contribution in [3.8, 4) is 0 Å². The third kappa shape index (κ3) is 5.34. The average molecular weight is 483 g/mol. The molecule has 0 saturated heterocycles. The van der Waals surface area contributed by atoms with Crippen LogP contribution < -0.4 is 10.6 Å². The molecule has 0 aliphatic heterocycles. The smallest absolute Gasteiger partial charge is 0.308 e. The maximum atomic E-state index is 12.7. The van der Waals surface area contributed by atoms with Crippen molar-refractivity contribution in [2.24, 2.45) is 0 Å². The highest BCUT2D eigenvalue weighted by Crippen LogP contribution is 2.33. The number of hydrogen-bond acceptors (Lipinski definition) is 4. The fourth-order valence-corrected chi connectivity index (χ4v) is 4.13. The van der Waals surface area contributed by atoms with Crippen LogP contribution in [-0.2, 0) is 11.8 Å². The second-order valence-electron chi connectivity index (χ2n) is 9.16. The molecule has 33 heavy (non-hydrogen) atoms. The lowest BCUT2D eigenvalue weighted by atomic mass is 9.80. The van der Waals surface area contributed by atoms with Gasteiger partial charge < -0.3 is 5.32 Å². The largest absolute Gasteiger partial charge is 0.326 e. The molecule has 1 aromatic heterocycles. The van der Waals surface area contributed by atoms with Crippen LogP contribution in [0.15, 0.2) is 48.7 Å². The van der Waals surface area contributed by atoms with Crippen molar-refractivity contribution in [2.45, 2.75) is 44.9 Å². The lowest BCUT2D eigenvalue weighted by Gasteiger charge is -2.25. The maximum absolute atomic E-state index is 12.7. The minimum atomic E-state index is -0.523. The number of carbonyl (C=O) groups excluding carboxylic acids is 2. The summed E-state index contributed by atoms with van der Waals surface area (Å²) in [5, 5.41) is 6.00. The molecule has 0 unspecified atom stereocenters. The van der Waals surface area contributed by atoms with Gasteiger partial charge in [-0.1, -0.05) is 68.2 Å². The first-order valence-corrected chi connectivity index (χ1v) is 11.4. The minimum Gasteiger partial charge on any atom is -0.308 e. The number of nitrogens with one attached hydrogen (secondary N) is 2. The summed E-state index contributed by atoms with van der Waals surface area (Å²) < 4.78 is 0. The van der Waals surface area contributed by atoms with Crippen molar-refractivity contribution < 1.29 is 9.59 Å². The standard InChI is InChI=1S/C25H24Cl2N4O2/c1-25(2,3)16-6-4-14(5-7-16)15-10-21-18(22(32)11-15)13-28-23(30-21)31-24(33)29-17-8-9-19(26)20(27)12-17/h4-9,12-13,15H,10-11H2,1-3H3,(H2,28,29,30,31,33)/t15-/m1/s1. The summed E-state index contributed by atoms with van der Waals surface area (Å²) in [4.78, 5) is 33.7. The van der Waals surface area contributed by atoms with Crippen molar-refractivity contribution >= 4 is 46.7 Å². The van der Waals surface area contributed by atoms with E-state index in [1.807, 2.05) is 0 Å². The number of aromatic nitrogens is 2. The predicted octanol–water partition coefficient (Wildman–Crippen LogP) is 6.64. The minimum absolute atomic E-state index is 0.00737. The zero-order chi connectivity index (χ0) is 23.8. The average Bonchev–Trinajstić information content (AvgIpc) is 2.75. The molecule has 1 heterocycles. The molecule has 1 atom stereocenters. The molecule has 1 aliphatic rings. The Morgan fingerprint density at radius 1 is 1.00 bits per heavy atom. The molecule has 0 bridgehead atoms. The van der Waals surface area contributed by atoms with E-state index in [9.17, 15) is 9.59 Å². The van der Waals surface area contributed by atoms with Gasteiger partial charge in [-0.3, -0.25) is 10.1 Å². The molecule has 1 aliphatic carbocycles. The molecular weight excluding hydrogens is 459 g/mol. The molecule has 0 radical (unpaired) electrons. The highest BCUT2D eigenvalue weighted by Gasteiger charge is 2.28. The Kier molecular flexibility index (Phi) is 6.41. The zero-order valence-electron chi connectivity index (χ0n) is 18.6. The molecule has 4 rings (SSSR count). The number of hydrogen-bond donors (Lipinski definition) is 2. The van der Waals surface area contributed by atoms with E-state index in [0.717, 1.165) is 5.56 Å². The molecule has 6 nitrogen and oxygen atoms in total. The molecular formula is C25H24Cl2N4O2. The number of anilines is 2. The number of amides is 2. The second-order valence-corrected chi connectivity index (χ2v) is 9.98. The van der Waals surface area contributed by atoms with E-state index in [-0.39, 0.29) is 23.1 Å². The van der Waals surface area contributed by atoms with Gasteiger partial charge >= 0.3 is 6.03 Å². The van der Waals surface area contributed by atoms with Crippen LogP contribution in [0.25, 0.3) is 0 Å². The van der Waals surface area contributed by atoms with Crippen LogP contribution in [0.1, 0.15) is 60.3 Å². The molecule has 2 aromatic carbocycles. The predicted molar refractivity (Wildman–Crippen MR) is 132 cm³/mol. The van der Waals surface area contributed by atoms with Crippen LogP contribution in [0.5, 0.6) is 0 Å². The second kappa shape index (κ2) is 9.12. The van der Waals surface area contributed by atoms with Gasteiger partial charge in [0, 0.05) is 18.3 Å². The third-order valence-electron chi connectivity index (χ3n) is 5.69. The summed E-state index contributed by atoms with van der Waals surface area (Å²) in [5.41, 5.74) is 4.04. The van der Waals surface area contributed by atoms with Gasteiger partial charge in [-0.2, -0.15) is 0 Å². The quantitative estimate of drug-likeness (QED) is 0.438. The Labute approximate surface area is 202 Å². The highest BCUT2D eigenvalue weighted by molar-refractivity contribution is 6.42. The van der Waals surface area contributed by atoms with Gasteiger partial charge in [-0.05, 0) is 47.1 Å². The first-order chi connectivity index (χ1) is 15.6. The fraction of sp³-hybridized carbons (Fsp3) is 0.280. The number of benzene rings is 2. The van der Waals surface area contributed by atoms with Crippen molar-refractivity contribution in [1.29, 1.82) is 0 Å². The Morgan fingerprint density at radius 3 is 2.39 bits per heavy atom. The Bertz CT molecular complexity index is 1220. The topological polar surface area (TPSA) is 84.0 Å². The summed E-state index contributed by atoms with van der Waals surface area (Å²) in [5.74, 6) is 0.169. The van der Waals surface area contributed by atoms with Gasteiger partial charge in [0.1, 0.15) is 0 Å². The highest BCUT2D eigenvalue weighted by atomic mass is 35.5. The number of rotatable bonds is 3. The summed E-state index contributed by atoms with van der Waals surface area (Å²) in [6.45, 7) is 6.52. The third-order valence-corrected chi connectivity index (χ3v) is 6.43. The van der Waals surface area contributed by atoms with E-state index in [2.05, 4.69) is 65.6 Å². The van der Waals surface area contributed by atoms with Crippen molar-refractivity contribution in [3.05, 3.63) is 81.1 Å². The summed E-state index contributed by atoms with van der Waals surface area (Å²) >= 11 is 11.9. The van der Waals surface area contributed by atoms with Crippen LogP contribution in [0.4, 0.5) is 16.4 Å². The van der Waals surface area contributed by atoms with Gasteiger partial charge in [-0.15, -0.1) is 0 Å². The van der Waals surface area contributed by atoms with Crippen LogP contribution in [-0.4, -0.2) is 21.8 Å². The number of nitrogens with zero attached hydrogens (tertiary/aromatic N) is 2. The molecule has 0 saturated carbocycles. The van der Waals surface area contributed by atoms with Crippen molar-refractivity contribution in [1.82, 2.24) is 9.97 Å². The Morgan fingerprint density at radius 2 is 1.73 bits per heavy atom. The van der Waals surface area contributed by atoms with E-state index >= 15 is 0 Å². The number of fused-ring (bicyclic) bond motifs is 1. The number of halogens is 2. The molecule has 3 aromatic rings. The summed E-state index contributed by atoms with van der Waals surface area (Å²) in [7, 11) is 0. The van der Waals surface area contributed by atoms with Gasteiger partial charge in [-0.25, -0.2) is 14.8 Å². The van der Waals surface area contributed by atoms with Gasteiger partial charge in [0.25, 0.3) is 0 Å². The number of urea groups is 1. The van der Waals surface area contributed by atoms with Crippen LogP contribution in [0, 0.1) is 0 Å². The van der Waals surface area contributed by atoms with E-state index in [4.69, 9.17) is 23.2 Å². The van der Waals surface area contributed by atoms with Crippen molar-refractivity contribution in [3.63, 3.8) is 0 Å². The maximum Gasteiger partial charge on any atom is 0.326 e. The van der Waals surface area contributed by atoms with Crippen LogP contribution >= 0.6 is 23.2 Å². The lowest BCUT2D eigenvalue weighted by molar-refractivity contribution is 0.0962. The summed E-state index contributed by atoms with van der Waals surface area (Å²) in [6, 6.07) is 12.7. The fourth-order valence-electron chi connectivity index (χ4n) is 3.83. The van der Waals surface area contributed by atoms with Gasteiger partial charge in [0.2, 0.25) is 5.95 Å². The molecule has 8 heteroatoms.